The summed E-state index contributed by atoms with van der Waals surface area (Å²) in [7, 11) is -16.7. The highest BCUT2D eigenvalue weighted by Crippen LogP contribution is 2.66. The quantitative estimate of drug-likeness (QED) is 0.170. The number of carbonyl (C=O) groups is 1. The van der Waals surface area contributed by atoms with E-state index in [2.05, 4.69) is 18.1 Å². The van der Waals surface area contributed by atoms with Crippen LogP contribution in [0.15, 0.2) is 11.0 Å². The molecule has 1 aliphatic rings. The number of aliphatic hydroxyl groups excluding tert-OH is 1. The first kappa shape index (κ1) is 24.9. The molecule has 0 aliphatic carbocycles. The molecule has 0 bridgehead atoms. The van der Waals surface area contributed by atoms with Crippen LogP contribution in [0.25, 0.3) is 0 Å². The Morgan fingerprint density at radius 1 is 1.23 bits per heavy atom. The SMILES string of the molecule is Nc1nc(=O)n([C@H]2CC(O)[C@@H](COP(=O)(O)OP(=O)(O)OP(=O)(O)O)O2)cc1C=O. The minimum absolute atomic E-state index is 0.135. The third-order valence-electron chi connectivity index (χ3n) is 3.47. The molecule has 170 valence electrons. The minimum Gasteiger partial charge on any atom is -0.390 e. The number of phosphoric ester groups is 1. The van der Waals surface area contributed by atoms with Gasteiger partial charge in [-0.3, -0.25) is 13.9 Å². The Balaban J connectivity index is 2.05. The maximum absolute atomic E-state index is 11.9. The van der Waals surface area contributed by atoms with Crippen molar-refractivity contribution in [2.45, 2.75) is 24.9 Å². The highest BCUT2D eigenvalue weighted by atomic mass is 31.3. The molecule has 0 radical (unpaired) electrons. The number of nitrogens with zero attached hydrogens (tertiary/aromatic N) is 2. The Labute approximate surface area is 166 Å². The van der Waals surface area contributed by atoms with E-state index in [9.17, 15) is 33.3 Å². The monoisotopic (exact) mass is 495 g/mol. The van der Waals surface area contributed by atoms with Gasteiger partial charge in [0, 0.05) is 12.6 Å². The number of nitrogen functional groups attached to an aromatic ring is 1. The summed E-state index contributed by atoms with van der Waals surface area (Å²) in [6.07, 6.45) is -2.78. The average Bonchev–Trinajstić information content (AvgIpc) is 2.90. The van der Waals surface area contributed by atoms with Gasteiger partial charge in [0.15, 0.2) is 6.29 Å². The van der Waals surface area contributed by atoms with Gasteiger partial charge in [-0.05, 0) is 0 Å². The summed E-state index contributed by atoms with van der Waals surface area (Å²) in [5.41, 5.74) is 4.35. The van der Waals surface area contributed by atoms with Crippen LogP contribution in [0.1, 0.15) is 23.0 Å². The van der Waals surface area contributed by atoms with Crippen LogP contribution >= 0.6 is 23.5 Å². The molecule has 17 nitrogen and oxygen atoms in total. The summed E-state index contributed by atoms with van der Waals surface area (Å²) >= 11 is 0. The van der Waals surface area contributed by atoms with Crippen molar-refractivity contribution in [2.75, 3.05) is 12.3 Å². The first-order valence-electron chi connectivity index (χ1n) is 7.58. The van der Waals surface area contributed by atoms with Crippen molar-refractivity contribution in [3.05, 3.63) is 22.2 Å². The van der Waals surface area contributed by atoms with E-state index in [4.69, 9.17) is 25.2 Å². The second-order valence-electron chi connectivity index (χ2n) is 5.71. The summed E-state index contributed by atoms with van der Waals surface area (Å²) in [5.74, 6) is -0.325. The van der Waals surface area contributed by atoms with Gasteiger partial charge in [0.2, 0.25) is 0 Å². The van der Waals surface area contributed by atoms with Crippen LogP contribution in [0.5, 0.6) is 0 Å². The topological polar surface area (TPSA) is 267 Å². The van der Waals surface area contributed by atoms with Crippen molar-refractivity contribution in [3.8, 4) is 0 Å². The molecule has 7 N–H and O–H groups in total. The lowest BCUT2D eigenvalue weighted by Gasteiger charge is -2.19. The van der Waals surface area contributed by atoms with Crippen LogP contribution in [0.3, 0.4) is 0 Å². The number of aliphatic hydroxyl groups is 1. The van der Waals surface area contributed by atoms with E-state index in [1.54, 1.807) is 0 Å². The number of nitrogens with two attached hydrogens (primary N) is 1. The molecular formula is C10H16N3O14P3. The molecule has 20 heteroatoms. The zero-order valence-corrected chi connectivity index (χ0v) is 17.2. The minimum atomic E-state index is -5.70. The van der Waals surface area contributed by atoms with E-state index < -0.39 is 54.2 Å². The average molecular weight is 495 g/mol. The maximum atomic E-state index is 11.9. The summed E-state index contributed by atoms with van der Waals surface area (Å²) in [5, 5.41) is 10.00. The number of hydrogen-bond acceptors (Lipinski definition) is 12. The van der Waals surface area contributed by atoms with Gasteiger partial charge in [0.05, 0.1) is 18.3 Å². The molecule has 2 rings (SSSR count). The van der Waals surface area contributed by atoms with Crippen molar-refractivity contribution in [1.82, 2.24) is 9.55 Å². The number of aromatic nitrogens is 2. The van der Waals surface area contributed by atoms with Crippen LogP contribution < -0.4 is 11.4 Å². The second kappa shape index (κ2) is 9.04. The molecule has 3 unspecified atom stereocenters. The summed E-state index contributed by atoms with van der Waals surface area (Å²) in [6, 6.07) is 0. The van der Waals surface area contributed by atoms with E-state index in [1.807, 2.05) is 0 Å². The predicted molar refractivity (Wildman–Crippen MR) is 92.6 cm³/mol. The third-order valence-corrected chi connectivity index (χ3v) is 7.27. The predicted octanol–water partition coefficient (Wildman–Crippen LogP) is -1.37. The van der Waals surface area contributed by atoms with Crippen molar-refractivity contribution in [1.29, 1.82) is 0 Å². The molecular weight excluding hydrogens is 479 g/mol. The van der Waals surface area contributed by atoms with Crippen LogP contribution in [0, 0.1) is 0 Å². The summed E-state index contributed by atoms with van der Waals surface area (Å²) < 4.78 is 51.1. The Morgan fingerprint density at radius 3 is 2.43 bits per heavy atom. The molecule has 0 aromatic carbocycles. The normalized spacial score (nSPS) is 26.1. The molecule has 1 saturated heterocycles. The summed E-state index contributed by atoms with van der Waals surface area (Å²) in [6.45, 7) is -0.918. The zero-order chi connectivity index (χ0) is 22.9. The van der Waals surface area contributed by atoms with Crippen LogP contribution in [-0.2, 0) is 31.6 Å². The standard InChI is InChI=1S/C10H16N3O14P3/c11-9-5(3-14)2-13(10(16)12-9)8-1-6(15)7(25-8)4-24-29(20,21)27-30(22,23)26-28(17,18)19/h2-3,6-8,15H,1,4H2,(H,20,21)(H,22,23)(H2,11,12,16)(H2,17,18,19)/t6?,7-,8-/m1/s1. The van der Waals surface area contributed by atoms with Gasteiger partial charge in [0.25, 0.3) is 0 Å². The largest absolute Gasteiger partial charge is 0.490 e. The first-order valence-corrected chi connectivity index (χ1v) is 12.1. The molecule has 1 aromatic heterocycles. The van der Waals surface area contributed by atoms with Crippen LogP contribution in [-0.4, -0.2) is 59.3 Å². The van der Waals surface area contributed by atoms with Crippen molar-refractivity contribution in [3.63, 3.8) is 0 Å². The highest BCUT2D eigenvalue weighted by molar-refractivity contribution is 7.66. The van der Waals surface area contributed by atoms with Crippen LogP contribution in [0.2, 0.25) is 0 Å². The number of anilines is 1. The van der Waals surface area contributed by atoms with Crippen molar-refractivity contribution >= 4 is 35.6 Å². The van der Waals surface area contributed by atoms with Gasteiger partial charge in [-0.2, -0.15) is 13.6 Å². The zero-order valence-electron chi connectivity index (χ0n) is 14.5. The van der Waals surface area contributed by atoms with E-state index in [1.165, 1.54) is 0 Å². The van der Waals surface area contributed by atoms with E-state index in [0.717, 1.165) is 10.8 Å². The smallest absolute Gasteiger partial charge is 0.390 e. The fourth-order valence-corrected chi connectivity index (χ4v) is 5.33. The van der Waals surface area contributed by atoms with Gasteiger partial charge in [-0.1, -0.05) is 0 Å². The first-order chi connectivity index (χ1) is 13.6. The van der Waals surface area contributed by atoms with Crippen molar-refractivity contribution in [2.24, 2.45) is 0 Å². The fraction of sp³-hybridized carbons (Fsp3) is 0.500. The number of ether oxygens (including phenoxy) is 1. The Bertz CT molecular complexity index is 1010. The van der Waals surface area contributed by atoms with E-state index in [-0.39, 0.29) is 17.8 Å². The van der Waals surface area contributed by atoms with Gasteiger partial charge in [-0.25, -0.2) is 18.5 Å². The molecule has 1 aromatic rings. The van der Waals surface area contributed by atoms with Gasteiger partial charge < -0.3 is 35.2 Å². The van der Waals surface area contributed by atoms with Gasteiger partial charge in [0.1, 0.15) is 18.1 Å². The number of rotatable bonds is 9. The Hall–Kier alpha value is -1.32. The molecule has 30 heavy (non-hydrogen) atoms. The lowest BCUT2D eigenvalue weighted by molar-refractivity contribution is -0.0449. The van der Waals surface area contributed by atoms with Gasteiger partial charge in [-0.15, -0.1) is 0 Å². The molecule has 2 heterocycles. The Kier molecular flexibility index (Phi) is 7.52. The van der Waals surface area contributed by atoms with Gasteiger partial charge >= 0.3 is 29.2 Å². The molecule has 1 aliphatic heterocycles. The van der Waals surface area contributed by atoms with Crippen molar-refractivity contribution < 1.29 is 61.1 Å². The maximum Gasteiger partial charge on any atom is 0.490 e. The second-order valence-corrected chi connectivity index (χ2v) is 10.1. The lowest BCUT2D eigenvalue weighted by Crippen LogP contribution is -2.29. The number of phosphoric acid groups is 3. The van der Waals surface area contributed by atoms with E-state index in [0.29, 0.717) is 6.29 Å². The highest BCUT2D eigenvalue weighted by Gasteiger charge is 2.43. The number of carbonyl (C=O) groups excluding carboxylic acids is 1. The Morgan fingerprint density at radius 2 is 1.87 bits per heavy atom. The molecule has 0 saturated carbocycles. The third kappa shape index (κ3) is 6.85. The molecule has 1 fully saturated rings. The number of hydrogen-bond donors (Lipinski definition) is 6. The van der Waals surface area contributed by atoms with Crippen LogP contribution in [0.4, 0.5) is 5.82 Å². The molecule has 0 spiro atoms. The fourth-order valence-electron chi connectivity index (χ4n) is 2.30. The van der Waals surface area contributed by atoms with E-state index >= 15 is 0 Å². The number of aldehydes is 1. The molecule has 5 atom stereocenters. The lowest BCUT2D eigenvalue weighted by atomic mass is 10.2. The summed E-state index contributed by atoms with van der Waals surface area (Å²) in [4.78, 5) is 61.6. The molecule has 0 amide bonds.